The molecule has 9 nitrogen and oxygen atoms in total. The third-order valence-corrected chi connectivity index (χ3v) is 5.16. The van der Waals surface area contributed by atoms with Crippen molar-refractivity contribution in [1.29, 1.82) is 0 Å². The average molecular weight is 452 g/mol. The molecule has 1 aliphatic rings. The number of nitrogens with zero attached hydrogens (tertiary/aromatic N) is 2. The lowest BCUT2D eigenvalue weighted by atomic mass is 9.95. The van der Waals surface area contributed by atoms with Gasteiger partial charge in [0.1, 0.15) is 12.2 Å². The highest BCUT2D eigenvalue weighted by Gasteiger charge is 2.15. The van der Waals surface area contributed by atoms with Gasteiger partial charge in [0, 0.05) is 25.0 Å². The van der Waals surface area contributed by atoms with Gasteiger partial charge in [-0.2, -0.15) is 5.10 Å². The van der Waals surface area contributed by atoms with E-state index in [1.54, 1.807) is 42.7 Å². The van der Waals surface area contributed by atoms with Gasteiger partial charge in [-0.15, -0.1) is 0 Å². The summed E-state index contributed by atoms with van der Waals surface area (Å²) < 4.78 is 5.53. The zero-order valence-electron chi connectivity index (χ0n) is 18.5. The van der Waals surface area contributed by atoms with Gasteiger partial charge in [-0.05, 0) is 54.3 Å². The molecule has 0 aliphatic heterocycles. The standard InChI is InChI=1S/C24H29N5O4/c30-22(26-15-19-5-4-12-25-14-19)13-23(31)29-27-16-18-8-10-21(11-9-18)33-17-24(32)28-20-6-2-1-3-7-20/h4-5,8-12,14,16,20H,1-3,6-7,13,15,17H2,(H,26,30)(H,28,32)(H,29,31)/b27-16+. The smallest absolute Gasteiger partial charge is 0.258 e. The maximum atomic E-state index is 12.0. The fourth-order valence-electron chi connectivity index (χ4n) is 3.45. The minimum Gasteiger partial charge on any atom is -0.484 e. The van der Waals surface area contributed by atoms with E-state index in [0.717, 1.165) is 36.8 Å². The van der Waals surface area contributed by atoms with Gasteiger partial charge in [-0.25, -0.2) is 5.43 Å². The molecule has 2 aromatic rings. The number of amides is 3. The topological polar surface area (TPSA) is 122 Å². The lowest BCUT2D eigenvalue weighted by molar-refractivity contribution is -0.129. The maximum Gasteiger partial charge on any atom is 0.258 e. The Bertz CT molecular complexity index is 941. The van der Waals surface area contributed by atoms with Gasteiger partial charge in [0.25, 0.3) is 5.91 Å². The first-order chi connectivity index (χ1) is 16.1. The number of carbonyl (C=O) groups excluding carboxylic acids is 3. The molecule has 1 saturated carbocycles. The number of hydrogen-bond acceptors (Lipinski definition) is 6. The van der Waals surface area contributed by atoms with Crippen LogP contribution in [0.1, 0.15) is 49.7 Å². The third kappa shape index (κ3) is 9.10. The number of aromatic nitrogens is 1. The minimum absolute atomic E-state index is 0.0250. The molecule has 3 N–H and O–H groups in total. The van der Waals surface area contributed by atoms with E-state index in [1.165, 1.54) is 12.6 Å². The SMILES string of the molecule is O=C(CC(=O)N/N=C/c1ccc(OCC(=O)NC2CCCCC2)cc1)NCc1cccnc1. The van der Waals surface area contributed by atoms with Crippen molar-refractivity contribution in [3.63, 3.8) is 0 Å². The summed E-state index contributed by atoms with van der Waals surface area (Å²) in [6.45, 7) is 0.280. The molecule has 9 heteroatoms. The lowest BCUT2D eigenvalue weighted by Gasteiger charge is -2.22. The first-order valence-corrected chi connectivity index (χ1v) is 11.1. The largest absolute Gasteiger partial charge is 0.484 e. The van der Waals surface area contributed by atoms with Crippen LogP contribution in [0.25, 0.3) is 0 Å². The van der Waals surface area contributed by atoms with Gasteiger partial charge in [-0.1, -0.05) is 25.3 Å². The molecular weight excluding hydrogens is 422 g/mol. The summed E-state index contributed by atoms with van der Waals surface area (Å²) in [5, 5.41) is 9.53. The van der Waals surface area contributed by atoms with E-state index in [1.807, 2.05) is 6.07 Å². The van der Waals surface area contributed by atoms with Crippen molar-refractivity contribution in [2.24, 2.45) is 5.10 Å². The number of benzene rings is 1. The molecule has 0 bridgehead atoms. The first kappa shape index (κ1) is 23.9. The summed E-state index contributed by atoms with van der Waals surface area (Å²) in [5.41, 5.74) is 3.91. The van der Waals surface area contributed by atoms with Crippen LogP contribution in [0.4, 0.5) is 0 Å². The second-order valence-electron chi connectivity index (χ2n) is 7.87. The van der Waals surface area contributed by atoms with E-state index >= 15 is 0 Å². The van der Waals surface area contributed by atoms with Crippen molar-refractivity contribution < 1.29 is 19.1 Å². The molecule has 0 atom stereocenters. The van der Waals surface area contributed by atoms with Crippen molar-refractivity contribution in [3.05, 3.63) is 59.9 Å². The maximum absolute atomic E-state index is 12.0. The molecule has 1 aliphatic carbocycles. The number of pyridine rings is 1. The highest BCUT2D eigenvalue weighted by atomic mass is 16.5. The molecule has 0 spiro atoms. The van der Waals surface area contributed by atoms with Crippen LogP contribution < -0.4 is 20.8 Å². The second-order valence-corrected chi connectivity index (χ2v) is 7.87. The Labute approximate surface area is 193 Å². The Morgan fingerprint density at radius 2 is 1.82 bits per heavy atom. The Balaban J connectivity index is 1.33. The predicted octanol–water partition coefficient (Wildman–Crippen LogP) is 2.07. The molecule has 1 aromatic carbocycles. The van der Waals surface area contributed by atoms with E-state index in [-0.39, 0.29) is 25.0 Å². The van der Waals surface area contributed by atoms with Gasteiger partial charge in [0.2, 0.25) is 11.8 Å². The van der Waals surface area contributed by atoms with Crippen molar-refractivity contribution in [2.45, 2.75) is 51.1 Å². The number of nitrogens with one attached hydrogen (secondary N) is 3. The van der Waals surface area contributed by atoms with Crippen LogP contribution in [0, 0.1) is 0 Å². The van der Waals surface area contributed by atoms with Crippen LogP contribution in [-0.2, 0) is 20.9 Å². The highest BCUT2D eigenvalue weighted by Crippen LogP contribution is 2.17. The summed E-state index contributed by atoms with van der Waals surface area (Å²) in [5.74, 6) is -0.459. The fraction of sp³-hybridized carbons (Fsp3) is 0.375. The summed E-state index contributed by atoms with van der Waals surface area (Å²) in [7, 11) is 0. The molecule has 0 unspecified atom stereocenters. The highest BCUT2D eigenvalue weighted by molar-refractivity contribution is 5.97. The van der Waals surface area contributed by atoms with E-state index in [4.69, 9.17) is 4.74 Å². The number of ether oxygens (including phenoxy) is 1. The van der Waals surface area contributed by atoms with Crippen LogP contribution in [0.15, 0.2) is 53.9 Å². The Kier molecular flexibility index (Phi) is 9.38. The lowest BCUT2D eigenvalue weighted by Crippen LogP contribution is -2.38. The van der Waals surface area contributed by atoms with Crippen LogP contribution in [-0.4, -0.2) is 41.6 Å². The van der Waals surface area contributed by atoms with E-state index in [0.29, 0.717) is 12.3 Å². The van der Waals surface area contributed by atoms with E-state index in [9.17, 15) is 14.4 Å². The van der Waals surface area contributed by atoms with Crippen molar-refractivity contribution in [2.75, 3.05) is 6.61 Å². The van der Waals surface area contributed by atoms with Gasteiger partial charge in [-0.3, -0.25) is 19.4 Å². The monoisotopic (exact) mass is 451 g/mol. The first-order valence-electron chi connectivity index (χ1n) is 11.1. The minimum atomic E-state index is -0.515. The van der Waals surface area contributed by atoms with Crippen LogP contribution >= 0.6 is 0 Å². The fourth-order valence-corrected chi connectivity index (χ4v) is 3.45. The molecule has 1 fully saturated rings. The van der Waals surface area contributed by atoms with Crippen molar-refractivity contribution >= 4 is 23.9 Å². The molecule has 3 rings (SSSR count). The van der Waals surface area contributed by atoms with Gasteiger partial charge in [0.15, 0.2) is 6.61 Å². The molecule has 0 saturated heterocycles. The predicted molar refractivity (Wildman–Crippen MR) is 123 cm³/mol. The van der Waals surface area contributed by atoms with Gasteiger partial charge >= 0.3 is 0 Å². The Morgan fingerprint density at radius 1 is 1.03 bits per heavy atom. The van der Waals surface area contributed by atoms with E-state index < -0.39 is 11.8 Å². The Hall–Kier alpha value is -3.75. The zero-order valence-corrected chi connectivity index (χ0v) is 18.5. The van der Waals surface area contributed by atoms with Gasteiger partial charge < -0.3 is 15.4 Å². The van der Waals surface area contributed by atoms with Crippen molar-refractivity contribution in [1.82, 2.24) is 21.0 Å². The average Bonchev–Trinajstić information content (AvgIpc) is 2.83. The molecule has 33 heavy (non-hydrogen) atoms. The molecule has 3 amide bonds. The summed E-state index contributed by atoms with van der Waals surface area (Å²) in [6.07, 6.45) is 10.1. The van der Waals surface area contributed by atoms with Crippen LogP contribution in [0.3, 0.4) is 0 Å². The summed E-state index contributed by atoms with van der Waals surface area (Å²) in [6, 6.07) is 10.8. The number of hydrogen-bond donors (Lipinski definition) is 3. The molecule has 0 radical (unpaired) electrons. The number of carbonyl (C=O) groups is 3. The quantitative estimate of drug-likeness (QED) is 0.290. The molecular formula is C24H29N5O4. The number of rotatable bonds is 10. The van der Waals surface area contributed by atoms with Crippen molar-refractivity contribution in [3.8, 4) is 5.75 Å². The molecule has 174 valence electrons. The molecule has 1 heterocycles. The summed E-state index contributed by atoms with van der Waals surface area (Å²) in [4.78, 5) is 39.7. The van der Waals surface area contributed by atoms with Gasteiger partial charge in [0.05, 0.1) is 6.21 Å². The zero-order chi connectivity index (χ0) is 23.3. The normalized spacial score (nSPS) is 13.9. The summed E-state index contributed by atoms with van der Waals surface area (Å²) >= 11 is 0. The number of hydrazone groups is 1. The Morgan fingerprint density at radius 3 is 2.55 bits per heavy atom. The van der Waals surface area contributed by atoms with Crippen LogP contribution in [0.5, 0.6) is 5.75 Å². The third-order valence-electron chi connectivity index (χ3n) is 5.16. The van der Waals surface area contributed by atoms with E-state index in [2.05, 4.69) is 26.1 Å². The molecule has 1 aromatic heterocycles. The second kappa shape index (κ2) is 12.9. The van der Waals surface area contributed by atoms with Crippen LogP contribution in [0.2, 0.25) is 0 Å².